The summed E-state index contributed by atoms with van der Waals surface area (Å²) < 4.78 is 16.8. The molecule has 0 aromatic carbocycles. The topological polar surface area (TPSA) is 77.0 Å². The number of amides is 1. The van der Waals surface area contributed by atoms with E-state index in [1.54, 1.807) is 13.8 Å². The molecule has 6 heteroatoms. The minimum atomic E-state index is -0.759. The van der Waals surface area contributed by atoms with Crippen molar-refractivity contribution in [3.05, 3.63) is 0 Å². The number of aliphatic hydroxyl groups excluding tert-OH is 1. The van der Waals surface area contributed by atoms with Crippen molar-refractivity contribution < 1.29 is 24.1 Å². The Morgan fingerprint density at radius 2 is 2.12 bits per heavy atom. The van der Waals surface area contributed by atoms with Crippen LogP contribution in [0, 0.1) is 0 Å². The molecule has 0 spiro atoms. The van der Waals surface area contributed by atoms with Gasteiger partial charge in [-0.3, -0.25) is 4.79 Å². The molecular weight excluding hydrogens is 226 g/mol. The second-order valence-corrected chi connectivity index (χ2v) is 5.27. The van der Waals surface area contributed by atoms with E-state index < -0.39 is 30.4 Å². The molecular formula is C11H17NO5. The summed E-state index contributed by atoms with van der Waals surface area (Å²) in [5.74, 6) is -0.717. The lowest BCUT2D eigenvalue weighted by Crippen LogP contribution is -2.45. The third-order valence-corrected chi connectivity index (χ3v) is 3.48. The van der Waals surface area contributed by atoms with Gasteiger partial charge in [0.15, 0.2) is 12.1 Å². The second kappa shape index (κ2) is 3.65. The van der Waals surface area contributed by atoms with Crippen LogP contribution in [0.25, 0.3) is 0 Å². The van der Waals surface area contributed by atoms with E-state index in [4.69, 9.17) is 14.2 Å². The second-order valence-electron chi connectivity index (χ2n) is 5.27. The van der Waals surface area contributed by atoms with E-state index in [1.807, 2.05) is 0 Å². The standard InChI is InChI=1S/C11H17NO5/c1-11(2)16-9-7(14)8(15-10(9)17-11)5-3-4-6(13)12-5/h5,7-10,14H,3-4H2,1-2H3,(H,12,13)/t5-,7+,8-,9-,10-/m1/s1. The van der Waals surface area contributed by atoms with E-state index in [2.05, 4.69) is 5.32 Å². The molecule has 0 aromatic rings. The maximum absolute atomic E-state index is 11.2. The number of aliphatic hydroxyl groups is 1. The Morgan fingerprint density at radius 3 is 2.71 bits per heavy atom. The van der Waals surface area contributed by atoms with Crippen LogP contribution >= 0.6 is 0 Å². The predicted molar refractivity (Wildman–Crippen MR) is 55.9 cm³/mol. The smallest absolute Gasteiger partial charge is 0.220 e. The Hall–Kier alpha value is -0.690. The van der Waals surface area contributed by atoms with Gasteiger partial charge < -0.3 is 24.6 Å². The lowest BCUT2D eigenvalue weighted by Gasteiger charge is -2.26. The maximum Gasteiger partial charge on any atom is 0.220 e. The Kier molecular flexibility index (Phi) is 2.45. The van der Waals surface area contributed by atoms with Crippen molar-refractivity contribution in [3.63, 3.8) is 0 Å². The first-order valence-corrected chi connectivity index (χ1v) is 5.95. The zero-order chi connectivity index (χ0) is 12.2. The third kappa shape index (κ3) is 1.85. The fraction of sp³-hybridized carbons (Fsp3) is 0.909. The summed E-state index contributed by atoms with van der Waals surface area (Å²) in [5, 5.41) is 13.0. The van der Waals surface area contributed by atoms with Gasteiger partial charge in [-0.15, -0.1) is 0 Å². The molecule has 6 nitrogen and oxygen atoms in total. The van der Waals surface area contributed by atoms with Crippen LogP contribution in [0.4, 0.5) is 0 Å². The van der Waals surface area contributed by atoms with E-state index in [0.29, 0.717) is 12.8 Å². The van der Waals surface area contributed by atoms with Gasteiger partial charge in [-0.25, -0.2) is 0 Å². The molecule has 0 aromatic heterocycles. The summed E-state index contributed by atoms with van der Waals surface area (Å²) in [6.07, 6.45) is -1.03. The molecule has 3 aliphatic rings. The molecule has 3 saturated heterocycles. The molecule has 3 fully saturated rings. The Bertz CT molecular complexity index is 345. The number of carbonyl (C=O) groups is 1. The van der Waals surface area contributed by atoms with E-state index >= 15 is 0 Å². The van der Waals surface area contributed by atoms with Crippen molar-refractivity contribution >= 4 is 5.91 Å². The van der Waals surface area contributed by atoms with E-state index in [-0.39, 0.29) is 11.9 Å². The molecule has 0 radical (unpaired) electrons. The molecule has 3 heterocycles. The van der Waals surface area contributed by atoms with Crippen LogP contribution in [-0.4, -0.2) is 47.4 Å². The average Bonchev–Trinajstić information content (AvgIpc) is 2.83. The molecule has 3 aliphatic heterocycles. The number of hydrogen-bond acceptors (Lipinski definition) is 5. The van der Waals surface area contributed by atoms with Gasteiger partial charge in [-0.1, -0.05) is 0 Å². The SMILES string of the molecule is CC1(C)O[C@H]2O[C@H]([C@H]3CCC(=O)N3)[C@H](O)[C@H]2O1. The van der Waals surface area contributed by atoms with Gasteiger partial charge in [0.2, 0.25) is 5.91 Å². The zero-order valence-corrected chi connectivity index (χ0v) is 9.88. The monoisotopic (exact) mass is 243 g/mol. The fourth-order valence-electron chi connectivity index (χ4n) is 2.73. The largest absolute Gasteiger partial charge is 0.387 e. The maximum atomic E-state index is 11.2. The van der Waals surface area contributed by atoms with Gasteiger partial charge in [-0.05, 0) is 20.3 Å². The van der Waals surface area contributed by atoms with Crippen molar-refractivity contribution in [1.82, 2.24) is 5.32 Å². The molecule has 0 aliphatic carbocycles. The Labute approximate surface area is 99.2 Å². The molecule has 0 bridgehead atoms. The summed E-state index contributed by atoms with van der Waals surface area (Å²) in [6.45, 7) is 3.57. The average molecular weight is 243 g/mol. The molecule has 96 valence electrons. The number of ether oxygens (including phenoxy) is 3. The number of carbonyl (C=O) groups excluding carboxylic acids is 1. The van der Waals surface area contributed by atoms with E-state index in [1.165, 1.54) is 0 Å². The number of nitrogens with one attached hydrogen (secondary N) is 1. The van der Waals surface area contributed by atoms with Gasteiger partial charge in [0.1, 0.15) is 18.3 Å². The van der Waals surface area contributed by atoms with Gasteiger partial charge in [0.25, 0.3) is 0 Å². The molecule has 5 atom stereocenters. The number of rotatable bonds is 1. The van der Waals surface area contributed by atoms with Crippen LogP contribution in [-0.2, 0) is 19.0 Å². The van der Waals surface area contributed by atoms with Crippen LogP contribution in [0.15, 0.2) is 0 Å². The van der Waals surface area contributed by atoms with Gasteiger partial charge >= 0.3 is 0 Å². The summed E-state index contributed by atoms with van der Waals surface area (Å²) in [4.78, 5) is 11.2. The molecule has 2 N–H and O–H groups in total. The minimum absolute atomic E-state index is 0.00465. The highest BCUT2D eigenvalue weighted by Crippen LogP contribution is 2.39. The summed E-state index contributed by atoms with van der Waals surface area (Å²) in [5.41, 5.74) is 0. The lowest BCUT2D eigenvalue weighted by molar-refractivity contribution is -0.217. The zero-order valence-electron chi connectivity index (χ0n) is 9.88. The van der Waals surface area contributed by atoms with Crippen LogP contribution in [0.2, 0.25) is 0 Å². The van der Waals surface area contributed by atoms with Crippen LogP contribution in [0.3, 0.4) is 0 Å². The van der Waals surface area contributed by atoms with Crippen molar-refractivity contribution in [1.29, 1.82) is 0 Å². The first-order valence-electron chi connectivity index (χ1n) is 5.95. The molecule has 0 unspecified atom stereocenters. The van der Waals surface area contributed by atoms with E-state index in [0.717, 1.165) is 0 Å². The van der Waals surface area contributed by atoms with Crippen LogP contribution < -0.4 is 5.32 Å². The predicted octanol–water partition coefficient (Wildman–Crippen LogP) is -0.498. The first kappa shape index (κ1) is 11.4. The Morgan fingerprint density at radius 1 is 1.35 bits per heavy atom. The van der Waals surface area contributed by atoms with Crippen molar-refractivity contribution in [2.24, 2.45) is 0 Å². The highest BCUT2D eigenvalue weighted by Gasteiger charge is 2.56. The molecule has 0 saturated carbocycles. The first-order chi connectivity index (χ1) is 7.96. The minimum Gasteiger partial charge on any atom is -0.387 e. The lowest BCUT2D eigenvalue weighted by atomic mass is 10.0. The number of hydrogen-bond donors (Lipinski definition) is 2. The summed E-state index contributed by atoms with van der Waals surface area (Å²) in [6, 6.07) is -0.140. The third-order valence-electron chi connectivity index (χ3n) is 3.48. The van der Waals surface area contributed by atoms with Crippen LogP contribution in [0.5, 0.6) is 0 Å². The van der Waals surface area contributed by atoms with Crippen molar-refractivity contribution in [2.45, 2.75) is 63.1 Å². The van der Waals surface area contributed by atoms with E-state index in [9.17, 15) is 9.90 Å². The van der Waals surface area contributed by atoms with Crippen molar-refractivity contribution in [3.8, 4) is 0 Å². The fourth-order valence-corrected chi connectivity index (χ4v) is 2.73. The summed E-state index contributed by atoms with van der Waals surface area (Å²) >= 11 is 0. The van der Waals surface area contributed by atoms with Gasteiger partial charge in [-0.2, -0.15) is 0 Å². The molecule has 1 amide bonds. The highest BCUT2D eigenvalue weighted by atomic mass is 16.8. The quantitative estimate of drug-likeness (QED) is 0.649. The van der Waals surface area contributed by atoms with Gasteiger partial charge in [0, 0.05) is 6.42 Å². The molecule has 17 heavy (non-hydrogen) atoms. The summed E-state index contributed by atoms with van der Waals surface area (Å²) in [7, 11) is 0. The number of fused-ring (bicyclic) bond motifs is 1. The normalized spacial score (nSPS) is 48.2. The Balaban J connectivity index is 1.70. The van der Waals surface area contributed by atoms with Crippen molar-refractivity contribution in [2.75, 3.05) is 0 Å². The van der Waals surface area contributed by atoms with Gasteiger partial charge in [0.05, 0.1) is 6.04 Å². The van der Waals surface area contributed by atoms with Crippen LogP contribution in [0.1, 0.15) is 26.7 Å². The molecule has 3 rings (SSSR count). The highest BCUT2D eigenvalue weighted by molar-refractivity contribution is 5.78.